The molecule has 4 rings (SSSR count). The minimum Gasteiger partial charge on any atom is -0.387 e. The molecule has 0 radical (unpaired) electrons. The van der Waals surface area contributed by atoms with Crippen molar-refractivity contribution in [1.82, 2.24) is 18.9 Å². The number of aromatic nitrogens is 4. The fourth-order valence-corrected chi connectivity index (χ4v) is 6.60. The van der Waals surface area contributed by atoms with E-state index >= 15 is 0 Å². The van der Waals surface area contributed by atoms with Crippen molar-refractivity contribution in [3.8, 4) is 0 Å². The third-order valence-corrected chi connectivity index (χ3v) is 11.6. The Morgan fingerprint density at radius 1 is 1.21 bits per heavy atom. The van der Waals surface area contributed by atoms with Gasteiger partial charge in [-0.15, -0.1) is 0 Å². The van der Waals surface area contributed by atoms with Crippen LogP contribution < -0.4 is 11.2 Å². The number of rotatable bonds is 9. The number of hydrogen-bond donors (Lipinski definition) is 5. The lowest BCUT2D eigenvalue weighted by atomic mass is 10.1. The molecule has 208 valence electrons. The van der Waals surface area contributed by atoms with Gasteiger partial charge in [-0.3, -0.25) is 23.2 Å². The molecule has 4 unspecified atom stereocenters. The first-order valence-electron chi connectivity index (χ1n) is 11.4. The van der Waals surface area contributed by atoms with E-state index in [-0.39, 0.29) is 13.0 Å². The van der Waals surface area contributed by atoms with Crippen LogP contribution in [0.5, 0.6) is 0 Å². The molecule has 3 aromatic rings. The van der Waals surface area contributed by atoms with Gasteiger partial charge in [-0.1, -0.05) is 36.7 Å². The van der Waals surface area contributed by atoms with Crippen LogP contribution in [-0.4, -0.2) is 73.1 Å². The van der Waals surface area contributed by atoms with E-state index < -0.39 is 62.7 Å². The lowest BCUT2D eigenvalue weighted by molar-refractivity contribution is -0.0521. The van der Waals surface area contributed by atoms with Gasteiger partial charge in [0.2, 0.25) is 12.7 Å². The molecule has 1 saturated heterocycles. The van der Waals surface area contributed by atoms with E-state index in [4.69, 9.17) is 20.9 Å². The molecule has 1 aliphatic heterocycles. The van der Waals surface area contributed by atoms with Crippen LogP contribution in [0.3, 0.4) is 0 Å². The van der Waals surface area contributed by atoms with E-state index in [1.807, 2.05) is 18.2 Å². The zero-order chi connectivity index (χ0) is 28.0. The fraction of sp³-hybridized carbons (Fsp3) is 0.476. The van der Waals surface area contributed by atoms with Crippen molar-refractivity contribution in [2.75, 3.05) is 6.61 Å². The van der Waals surface area contributed by atoms with E-state index in [0.717, 1.165) is 32.3 Å². The zero-order valence-electron chi connectivity index (χ0n) is 20.2. The van der Waals surface area contributed by atoms with Crippen LogP contribution in [0.4, 0.5) is 0 Å². The molecule has 1 aromatic carbocycles. The second kappa shape index (κ2) is 10.9. The minimum atomic E-state index is -4.97. The molecular formula is C21H27ClN4O10P2. The van der Waals surface area contributed by atoms with Crippen molar-refractivity contribution >= 4 is 38.5 Å². The normalized spacial score (nSPS) is 24.5. The van der Waals surface area contributed by atoms with Gasteiger partial charge in [0.15, 0.2) is 6.23 Å². The van der Waals surface area contributed by atoms with E-state index in [9.17, 15) is 39.0 Å². The van der Waals surface area contributed by atoms with Crippen molar-refractivity contribution in [2.24, 2.45) is 7.05 Å². The quantitative estimate of drug-likeness (QED) is 0.170. The Bertz CT molecular complexity index is 1490. The van der Waals surface area contributed by atoms with Gasteiger partial charge in [-0.2, -0.15) is 5.10 Å². The number of fused-ring (bicyclic) bond motifs is 1. The highest BCUT2D eigenvalue weighted by Gasteiger charge is 2.53. The molecule has 0 aliphatic carbocycles. The number of aliphatic hydroxyl groups excluding tert-OH is 2. The Hall–Kier alpha value is -1.96. The van der Waals surface area contributed by atoms with E-state index in [1.54, 1.807) is 17.8 Å². The Morgan fingerprint density at radius 3 is 2.55 bits per heavy atom. The second-order valence-corrected chi connectivity index (χ2v) is 13.7. The van der Waals surface area contributed by atoms with E-state index in [0.29, 0.717) is 5.69 Å². The zero-order valence-corrected chi connectivity index (χ0v) is 22.8. The molecular weight excluding hydrogens is 566 g/mol. The summed E-state index contributed by atoms with van der Waals surface area (Å²) in [5.74, 6) is 0. The average Bonchev–Trinajstić information content (AvgIpc) is 3.34. The Morgan fingerprint density at radius 2 is 1.89 bits per heavy atom. The van der Waals surface area contributed by atoms with Crippen LogP contribution in [0.1, 0.15) is 25.3 Å². The second-order valence-electron chi connectivity index (χ2n) is 8.75. The first-order chi connectivity index (χ1) is 17.8. The molecule has 2 aromatic heterocycles. The standard InChI is InChI=1S/C21H27ClN4O10P2/c1-3-21(22,38(32,33)34)37(31)35-11-15-17(28)18(29)19(36-15)25-9-8-16(27)26(20(25)30)10-13-12-6-4-5-7-14(12)24(2)23-13/h4-9,15,17-19,28-29,31H,3,10-11H2,1-2H3,(H2,32,33,34)/t15-,17?,18?,19-,21?,37?/m1/s1. The van der Waals surface area contributed by atoms with Gasteiger partial charge >= 0.3 is 13.3 Å². The van der Waals surface area contributed by atoms with Crippen LogP contribution in [0, 0.1) is 0 Å². The molecule has 0 spiro atoms. The van der Waals surface area contributed by atoms with Gasteiger partial charge < -0.3 is 34.2 Å². The van der Waals surface area contributed by atoms with Crippen molar-refractivity contribution in [3.63, 3.8) is 0 Å². The largest absolute Gasteiger partial charge is 0.387 e. The Balaban J connectivity index is 1.56. The summed E-state index contributed by atoms with van der Waals surface area (Å²) in [6.07, 6.45) is -5.16. The summed E-state index contributed by atoms with van der Waals surface area (Å²) in [6, 6.07) is 8.40. The molecule has 0 bridgehead atoms. The molecule has 5 N–H and O–H groups in total. The molecule has 3 heterocycles. The van der Waals surface area contributed by atoms with Gasteiger partial charge in [-0.05, 0) is 12.5 Å². The topological polar surface area (TPSA) is 198 Å². The minimum absolute atomic E-state index is 0.163. The summed E-state index contributed by atoms with van der Waals surface area (Å²) in [5.41, 5.74) is -0.169. The average molecular weight is 593 g/mol. The first kappa shape index (κ1) is 29.0. The Labute approximate surface area is 221 Å². The van der Waals surface area contributed by atoms with Crippen LogP contribution >= 0.6 is 27.6 Å². The van der Waals surface area contributed by atoms with E-state index in [2.05, 4.69) is 5.10 Å². The predicted octanol–water partition coefficient (Wildman–Crippen LogP) is 0.365. The van der Waals surface area contributed by atoms with Gasteiger partial charge in [0.05, 0.1) is 24.4 Å². The van der Waals surface area contributed by atoms with Gasteiger partial charge in [0.1, 0.15) is 18.3 Å². The highest BCUT2D eigenvalue weighted by Crippen LogP contribution is 2.70. The van der Waals surface area contributed by atoms with Crippen molar-refractivity contribution in [1.29, 1.82) is 0 Å². The van der Waals surface area contributed by atoms with Crippen molar-refractivity contribution in [2.45, 2.75) is 48.8 Å². The number of aliphatic hydroxyl groups is 2. The monoisotopic (exact) mass is 592 g/mol. The van der Waals surface area contributed by atoms with Gasteiger partial charge in [-0.25, -0.2) is 4.79 Å². The van der Waals surface area contributed by atoms with Gasteiger partial charge in [0.25, 0.3) is 5.56 Å². The molecule has 1 fully saturated rings. The maximum absolute atomic E-state index is 13.3. The molecule has 0 amide bonds. The lowest BCUT2D eigenvalue weighted by Crippen LogP contribution is -2.43. The van der Waals surface area contributed by atoms with Crippen LogP contribution in [0.15, 0.2) is 46.1 Å². The maximum atomic E-state index is 13.3. The van der Waals surface area contributed by atoms with Crippen molar-refractivity contribution in [3.05, 3.63) is 63.1 Å². The van der Waals surface area contributed by atoms with Gasteiger partial charge in [0, 0.05) is 24.7 Å². The summed E-state index contributed by atoms with van der Waals surface area (Å²) in [7, 11) is -6.12. The first-order valence-corrected chi connectivity index (χ1v) is 14.6. The van der Waals surface area contributed by atoms with E-state index in [1.165, 1.54) is 6.92 Å². The molecule has 1 aliphatic rings. The van der Waals surface area contributed by atoms with Crippen LogP contribution in [0.25, 0.3) is 10.9 Å². The predicted molar refractivity (Wildman–Crippen MR) is 137 cm³/mol. The number of hydrogen-bond acceptors (Lipinski definition) is 9. The highest BCUT2D eigenvalue weighted by molar-refractivity contribution is 7.73. The molecule has 17 heteroatoms. The number of nitrogens with zero attached hydrogens (tertiary/aromatic N) is 4. The van der Waals surface area contributed by atoms with Crippen LogP contribution in [-0.2, 0) is 27.4 Å². The maximum Gasteiger partial charge on any atom is 0.355 e. The number of alkyl halides is 1. The number of para-hydroxylation sites is 1. The number of benzene rings is 1. The summed E-state index contributed by atoms with van der Waals surface area (Å²) >= 11 is 5.94. The molecule has 38 heavy (non-hydrogen) atoms. The van der Waals surface area contributed by atoms with Crippen molar-refractivity contribution < 1.29 is 38.7 Å². The number of aryl methyl sites for hydroxylation is 1. The SMILES string of the molecule is CCC(Cl)(P(O)OC[C@H]1O[C@@H](n2ccc(=O)n(Cc3nn(C)c4ccccc34)c2=O)C(O)C1O)P(=O)(O)O. The third-order valence-electron chi connectivity index (χ3n) is 6.40. The molecule has 6 atom stereocenters. The smallest absolute Gasteiger partial charge is 0.355 e. The van der Waals surface area contributed by atoms with Crippen LogP contribution in [0.2, 0.25) is 0 Å². The molecule has 0 saturated carbocycles. The summed E-state index contributed by atoms with van der Waals surface area (Å²) in [6.45, 7) is 0.598. The molecule has 14 nitrogen and oxygen atoms in total. The number of halogens is 1. The summed E-state index contributed by atoms with van der Waals surface area (Å²) < 4.78 is 23.6. The lowest BCUT2D eigenvalue weighted by Gasteiger charge is -2.30. The third kappa shape index (κ3) is 5.14. The highest BCUT2D eigenvalue weighted by atomic mass is 35.5. The fourth-order valence-electron chi connectivity index (χ4n) is 4.22. The number of ether oxygens (including phenoxy) is 1. The summed E-state index contributed by atoms with van der Waals surface area (Å²) in [5, 5.41) is 26.2. The summed E-state index contributed by atoms with van der Waals surface area (Å²) in [4.78, 5) is 55.1. The Kier molecular flexibility index (Phi) is 8.33.